The number of para-hydroxylation sites is 1. The van der Waals surface area contributed by atoms with Crippen molar-refractivity contribution in [2.45, 2.75) is 39.2 Å². The predicted octanol–water partition coefficient (Wildman–Crippen LogP) is 1.38. The number of anilines is 1. The Bertz CT molecular complexity index is 752. The van der Waals surface area contributed by atoms with E-state index in [1.807, 2.05) is 49.1 Å². The van der Waals surface area contributed by atoms with Crippen molar-refractivity contribution in [3.63, 3.8) is 0 Å². The highest BCUT2D eigenvalue weighted by Gasteiger charge is 2.24. The van der Waals surface area contributed by atoms with Crippen molar-refractivity contribution in [1.82, 2.24) is 15.1 Å². The summed E-state index contributed by atoms with van der Waals surface area (Å²) in [6, 6.07) is 11.4. The van der Waals surface area contributed by atoms with Crippen molar-refractivity contribution in [2.24, 2.45) is 0 Å². The second-order valence-electron chi connectivity index (χ2n) is 7.67. The molecule has 1 fully saturated rings. The number of amides is 3. The van der Waals surface area contributed by atoms with Gasteiger partial charge in [-0.2, -0.15) is 5.26 Å². The van der Waals surface area contributed by atoms with Gasteiger partial charge in [0.2, 0.25) is 17.7 Å². The number of rotatable bonds is 9. The smallest absolute Gasteiger partial charge is 0.234 e. The van der Waals surface area contributed by atoms with Crippen LogP contribution in [0.4, 0.5) is 5.69 Å². The highest BCUT2D eigenvalue weighted by molar-refractivity contribution is 5.95. The lowest BCUT2D eigenvalue weighted by molar-refractivity contribution is -0.135. The molecule has 0 radical (unpaired) electrons. The van der Waals surface area contributed by atoms with E-state index in [9.17, 15) is 14.4 Å². The molecule has 1 N–H and O–H groups in total. The van der Waals surface area contributed by atoms with Gasteiger partial charge in [0, 0.05) is 57.3 Å². The van der Waals surface area contributed by atoms with E-state index in [2.05, 4.69) is 11.4 Å². The van der Waals surface area contributed by atoms with Crippen molar-refractivity contribution < 1.29 is 14.4 Å². The fourth-order valence-electron chi connectivity index (χ4n) is 3.40. The van der Waals surface area contributed by atoms with Gasteiger partial charge in [-0.25, -0.2) is 0 Å². The fraction of sp³-hybridized carbons (Fsp3) is 0.545. The normalized spacial score (nSPS) is 14.3. The van der Waals surface area contributed by atoms with Gasteiger partial charge in [0.25, 0.3) is 0 Å². The molecule has 1 heterocycles. The standard InChI is InChI=1S/C22H31N5O3/c1-18(2)24-20(28)17-25-13-15-26(16-14-25)21(29)9-10-22(30)27(12-6-11-23)19-7-4-3-5-8-19/h3-5,7-8,18H,6,9-10,12-17H2,1-2H3,(H,24,28). The average molecular weight is 414 g/mol. The first-order chi connectivity index (χ1) is 14.4. The van der Waals surface area contributed by atoms with Crippen LogP contribution in [-0.4, -0.2) is 72.8 Å². The summed E-state index contributed by atoms with van der Waals surface area (Å²) < 4.78 is 0. The van der Waals surface area contributed by atoms with E-state index in [1.165, 1.54) is 0 Å². The molecule has 3 amide bonds. The molecule has 1 aromatic rings. The number of nitriles is 1. The zero-order chi connectivity index (χ0) is 21.9. The average Bonchev–Trinajstić information content (AvgIpc) is 2.73. The van der Waals surface area contributed by atoms with Crippen LogP contribution in [0.5, 0.6) is 0 Å². The zero-order valence-electron chi connectivity index (χ0n) is 17.8. The summed E-state index contributed by atoms with van der Waals surface area (Å²) in [5, 5.41) is 11.7. The molecule has 1 saturated heterocycles. The molecule has 1 aliphatic heterocycles. The molecular formula is C22H31N5O3. The first-order valence-electron chi connectivity index (χ1n) is 10.4. The highest BCUT2D eigenvalue weighted by Crippen LogP contribution is 2.16. The van der Waals surface area contributed by atoms with E-state index in [0.29, 0.717) is 39.3 Å². The Labute approximate surface area is 178 Å². The van der Waals surface area contributed by atoms with E-state index >= 15 is 0 Å². The zero-order valence-corrected chi connectivity index (χ0v) is 17.8. The summed E-state index contributed by atoms with van der Waals surface area (Å²) in [5.74, 6) is -0.217. The number of hydrogen-bond donors (Lipinski definition) is 1. The molecule has 30 heavy (non-hydrogen) atoms. The summed E-state index contributed by atoms with van der Waals surface area (Å²) in [6.45, 7) is 6.89. The minimum atomic E-state index is -0.159. The van der Waals surface area contributed by atoms with Crippen LogP contribution in [0.1, 0.15) is 33.1 Å². The first-order valence-corrected chi connectivity index (χ1v) is 10.4. The van der Waals surface area contributed by atoms with Crippen molar-refractivity contribution in [1.29, 1.82) is 5.26 Å². The van der Waals surface area contributed by atoms with Crippen LogP contribution in [0.15, 0.2) is 30.3 Å². The Morgan fingerprint density at radius 1 is 1.10 bits per heavy atom. The van der Waals surface area contributed by atoms with Crippen LogP contribution < -0.4 is 10.2 Å². The molecule has 0 aliphatic carbocycles. The van der Waals surface area contributed by atoms with Gasteiger partial charge in [0.05, 0.1) is 19.0 Å². The quantitative estimate of drug-likeness (QED) is 0.660. The molecule has 0 aromatic heterocycles. The van der Waals surface area contributed by atoms with Gasteiger partial charge in [-0.1, -0.05) is 18.2 Å². The Balaban J connectivity index is 1.80. The molecule has 8 heteroatoms. The molecule has 0 bridgehead atoms. The fourth-order valence-corrected chi connectivity index (χ4v) is 3.40. The summed E-state index contributed by atoms with van der Waals surface area (Å²) in [4.78, 5) is 42.5. The third-order valence-corrected chi connectivity index (χ3v) is 4.91. The Morgan fingerprint density at radius 2 is 1.77 bits per heavy atom. The van der Waals surface area contributed by atoms with Crippen LogP contribution in [0.25, 0.3) is 0 Å². The van der Waals surface area contributed by atoms with Crippen molar-refractivity contribution >= 4 is 23.4 Å². The van der Waals surface area contributed by atoms with Crippen LogP contribution in [0, 0.1) is 11.3 Å². The molecule has 1 aromatic carbocycles. The van der Waals surface area contributed by atoms with Gasteiger partial charge >= 0.3 is 0 Å². The molecular weight excluding hydrogens is 382 g/mol. The molecule has 0 unspecified atom stereocenters. The second-order valence-corrected chi connectivity index (χ2v) is 7.67. The van der Waals surface area contributed by atoms with Crippen LogP contribution in [0.2, 0.25) is 0 Å². The third-order valence-electron chi connectivity index (χ3n) is 4.91. The highest BCUT2D eigenvalue weighted by atomic mass is 16.2. The van der Waals surface area contributed by atoms with Gasteiger partial charge in [0.1, 0.15) is 0 Å². The van der Waals surface area contributed by atoms with E-state index < -0.39 is 0 Å². The van der Waals surface area contributed by atoms with Gasteiger partial charge < -0.3 is 15.1 Å². The minimum Gasteiger partial charge on any atom is -0.353 e. The summed E-state index contributed by atoms with van der Waals surface area (Å²) in [6.07, 6.45) is 0.486. The lowest BCUT2D eigenvalue weighted by Crippen LogP contribution is -2.51. The maximum Gasteiger partial charge on any atom is 0.234 e. The molecule has 162 valence electrons. The largest absolute Gasteiger partial charge is 0.353 e. The van der Waals surface area contributed by atoms with Gasteiger partial charge in [-0.05, 0) is 26.0 Å². The Morgan fingerprint density at radius 3 is 2.37 bits per heavy atom. The van der Waals surface area contributed by atoms with Gasteiger partial charge in [-0.15, -0.1) is 0 Å². The van der Waals surface area contributed by atoms with E-state index in [4.69, 9.17) is 5.26 Å². The SMILES string of the molecule is CC(C)NC(=O)CN1CCN(C(=O)CCC(=O)N(CCC#N)c2ccccc2)CC1. The monoisotopic (exact) mass is 413 g/mol. The van der Waals surface area contributed by atoms with Crippen LogP contribution >= 0.6 is 0 Å². The van der Waals surface area contributed by atoms with Crippen molar-refractivity contribution in [3.05, 3.63) is 30.3 Å². The summed E-state index contributed by atoms with van der Waals surface area (Å²) in [7, 11) is 0. The van der Waals surface area contributed by atoms with Crippen LogP contribution in [0.3, 0.4) is 0 Å². The number of carbonyl (C=O) groups is 3. The molecule has 0 spiro atoms. The Kier molecular flexibility index (Phi) is 9.29. The number of carbonyl (C=O) groups excluding carboxylic acids is 3. The van der Waals surface area contributed by atoms with E-state index in [1.54, 1.807) is 9.80 Å². The number of hydrogen-bond acceptors (Lipinski definition) is 5. The third kappa shape index (κ3) is 7.48. The van der Waals surface area contributed by atoms with E-state index in [-0.39, 0.29) is 43.0 Å². The number of nitrogens with one attached hydrogen (secondary N) is 1. The lowest BCUT2D eigenvalue weighted by atomic mass is 10.2. The number of nitrogens with zero attached hydrogens (tertiary/aromatic N) is 4. The van der Waals surface area contributed by atoms with Crippen molar-refractivity contribution in [2.75, 3.05) is 44.2 Å². The number of piperazine rings is 1. The molecule has 0 saturated carbocycles. The van der Waals surface area contributed by atoms with Gasteiger partial charge in [0.15, 0.2) is 0 Å². The predicted molar refractivity (Wildman–Crippen MR) is 115 cm³/mol. The Hall–Kier alpha value is -2.92. The second kappa shape index (κ2) is 11.9. The maximum atomic E-state index is 12.7. The topological polar surface area (TPSA) is 96.8 Å². The first kappa shape index (κ1) is 23.4. The van der Waals surface area contributed by atoms with Crippen LogP contribution in [-0.2, 0) is 14.4 Å². The molecule has 2 rings (SSSR count). The molecule has 8 nitrogen and oxygen atoms in total. The summed E-state index contributed by atoms with van der Waals surface area (Å²) >= 11 is 0. The molecule has 0 atom stereocenters. The number of benzene rings is 1. The van der Waals surface area contributed by atoms with Gasteiger partial charge in [-0.3, -0.25) is 19.3 Å². The van der Waals surface area contributed by atoms with Crippen molar-refractivity contribution in [3.8, 4) is 6.07 Å². The maximum absolute atomic E-state index is 12.7. The minimum absolute atomic E-state index is 0.00579. The van der Waals surface area contributed by atoms with E-state index in [0.717, 1.165) is 5.69 Å². The summed E-state index contributed by atoms with van der Waals surface area (Å²) in [5.41, 5.74) is 0.735. The lowest BCUT2D eigenvalue weighted by Gasteiger charge is -2.34. The molecule has 1 aliphatic rings.